The molecule has 7 aromatic rings. The van der Waals surface area contributed by atoms with Crippen LogP contribution in [0.1, 0.15) is 0 Å². The van der Waals surface area contributed by atoms with Gasteiger partial charge in [0.1, 0.15) is 13.9 Å². The van der Waals surface area contributed by atoms with Crippen LogP contribution in [0.25, 0.3) is 27.5 Å². The van der Waals surface area contributed by atoms with Gasteiger partial charge < -0.3 is 9.47 Å². The Balaban J connectivity index is 0.00000316. The summed E-state index contributed by atoms with van der Waals surface area (Å²) in [6, 6.07) is 42.9. The Kier molecular flexibility index (Phi) is 7.59. The van der Waals surface area contributed by atoms with E-state index in [1.807, 2.05) is 79.4 Å². The second-order valence-corrected chi connectivity index (χ2v) is 14.8. The predicted octanol–water partition coefficient (Wildman–Crippen LogP) is 6.86. The van der Waals surface area contributed by atoms with E-state index in [2.05, 4.69) is 88.2 Å². The number of hydrogen-bond donors (Lipinski definition) is 0. The van der Waals surface area contributed by atoms with Crippen LogP contribution in [0.4, 0.5) is 17.2 Å². The molecule has 4 aromatic heterocycles. The summed E-state index contributed by atoms with van der Waals surface area (Å²) in [4.78, 5) is 15.8. The van der Waals surface area contributed by atoms with Gasteiger partial charge in [0.15, 0.2) is 0 Å². The first-order valence-corrected chi connectivity index (χ1v) is 16.6. The third kappa shape index (κ3) is 4.87. The fourth-order valence-electron chi connectivity index (χ4n) is 5.44. The van der Waals surface area contributed by atoms with E-state index in [4.69, 9.17) is 9.97 Å². The molecule has 4 heterocycles. The first kappa shape index (κ1) is 27.8. The summed E-state index contributed by atoms with van der Waals surface area (Å²) < 4.78 is 2.27. The molecule has 0 saturated carbocycles. The Morgan fingerprint density at radius 3 is 2.00 bits per heavy atom. The summed E-state index contributed by atoms with van der Waals surface area (Å²) in [6.07, 6.45) is 7.37. The summed E-state index contributed by atoms with van der Waals surface area (Å²) in [5, 5.41) is 4.41. The average Bonchev–Trinajstić information content (AvgIpc) is 3.36. The van der Waals surface area contributed by atoms with E-state index in [0.29, 0.717) is 0 Å². The number of para-hydroxylation sites is 1. The van der Waals surface area contributed by atoms with Crippen molar-refractivity contribution in [2.75, 3.05) is 4.90 Å². The Labute approximate surface area is 260 Å². The van der Waals surface area contributed by atoms with Crippen LogP contribution in [0.5, 0.6) is 0 Å². The van der Waals surface area contributed by atoms with E-state index >= 15 is 0 Å². The first-order valence-electron chi connectivity index (χ1n) is 13.6. The fraction of sp³-hybridized carbons (Fsp3) is 0.0571. The second-order valence-electron chi connectivity index (χ2n) is 10.5. The quantitative estimate of drug-likeness (QED) is 0.138. The van der Waals surface area contributed by atoms with Crippen LogP contribution in [0, 0.1) is 12.1 Å². The van der Waals surface area contributed by atoms with E-state index in [-0.39, 0.29) is 21.1 Å². The van der Waals surface area contributed by atoms with Crippen molar-refractivity contribution >= 4 is 57.6 Å². The van der Waals surface area contributed by atoms with Gasteiger partial charge in [-0.2, -0.15) is 17.5 Å². The molecule has 7 rings (SSSR count). The molecule has 5 nitrogen and oxygen atoms in total. The van der Waals surface area contributed by atoms with Crippen LogP contribution in [-0.2, 0) is 21.1 Å². The van der Waals surface area contributed by atoms with Crippen LogP contribution in [0.2, 0.25) is 13.1 Å². The third-order valence-corrected chi connectivity index (χ3v) is 10.8. The number of fused-ring (bicyclic) bond motifs is 3. The fourth-order valence-corrected chi connectivity index (χ4v) is 7.56. The molecule has 0 radical (unpaired) electrons. The van der Waals surface area contributed by atoms with Gasteiger partial charge in [-0.05, 0) is 54.2 Å². The SMILES string of the molecule is C[Si](C)(c1[c-]c2c3[c-]c(N(c4ccccc4)c4ccccn4)ccc3n(-c3ccncc3)c2cc1)c1ccccn1.[Pt+2]. The number of rotatable bonds is 6. The molecule has 0 saturated heterocycles. The molecule has 0 fully saturated rings. The summed E-state index contributed by atoms with van der Waals surface area (Å²) in [6.45, 7) is 4.67. The van der Waals surface area contributed by atoms with E-state index in [0.717, 1.165) is 50.0 Å². The molecule has 0 unspecified atom stereocenters. The number of hydrogen-bond acceptors (Lipinski definition) is 4. The van der Waals surface area contributed by atoms with Gasteiger partial charge in [0.05, 0.1) is 0 Å². The maximum Gasteiger partial charge on any atom is 2.00 e. The minimum absolute atomic E-state index is 0. The average molecular weight is 741 g/mol. The molecule has 0 bridgehead atoms. The van der Waals surface area contributed by atoms with Crippen molar-refractivity contribution in [2.24, 2.45) is 0 Å². The molecule has 0 amide bonds. The molecular weight excluding hydrogens is 714 g/mol. The Morgan fingerprint density at radius 2 is 1.31 bits per heavy atom. The summed E-state index contributed by atoms with van der Waals surface area (Å²) in [7, 11) is -2.09. The van der Waals surface area contributed by atoms with Gasteiger partial charge >= 0.3 is 21.1 Å². The van der Waals surface area contributed by atoms with Gasteiger partial charge in [0, 0.05) is 41.5 Å². The van der Waals surface area contributed by atoms with Crippen LogP contribution >= 0.6 is 0 Å². The van der Waals surface area contributed by atoms with Crippen molar-refractivity contribution in [1.82, 2.24) is 19.5 Å². The molecule has 206 valence electrons. The predicted molar refractivity (Wildman–Crippen MR) is 170 cm³/mol. The van der Waals surface area contributed by atoms with Crippen LogP contribution < -0.4 is 15.4 Å². The van der Waals surface area contributed by atoms with Crippen molar-refractivity contribution in [3.63, 3.8) is 0 Å². The van der Waals surface area contributed by atoms with Gasteiger partial charge in [0.2, 0.25) is 0 Å². The maximum atomic E-state index is 4.73. The largest absolute Gasteiger partial charge is 2.00 e. The number of pyridine rings is 3. The Bertz CT molecular complexity index is 1920. The molecule has 3 aromatic carbocycles. The van der Waals surface area contributed by atoms with Crippen molar-refractivity contribution in [3.8, 4) is 5.69 Å². The van der Waals surface area contributed by atoms with Gasteiger partial charge in [-0.25, -0.2) is 10.4 Å². The topological polar surface area (TPSA) is 46.8 Å². The van der Waals surface area contributed by atoms with Crippen molar-refractivity contribution in [3.05, 3.63) is 140 Å². The standard InChI is InChI=1S/C35H27N5Si.Pt/c1-41(2,35-13-7-9-21-38-35)29-15-17-33-31(25-29)30-24-28(14-16-32(30)40(33)27-18-22-36-23-19-27)39(26-10-4-3-5-11-26)34-12-6-8-20-37-34;/h3-23H,1-2H3;/q-2;+2. The number of benzene rings is 3. The zero-order chi connectivity index (χ0) is 27.8. The van der Waals surface area contributed by atoms with E-state index < -0.39 is 8.07 Å². The van der Waals surface area contributed by atoms with E-state index in [1.54, 1.807) is 0 Å². The zero-order valence-electron chi connectivity index (χ0n) is 23.2. The van der Waals surface area contributed by atoms with Crippen molar-refractivity contribution < 1.29 is 21.1 Å². The van der Waals surface area contributed by atoms with Crippen LogP contribution in [0.3, 0.4) is 0 Å². The van der Waals surface area contributed by atoms with Gasteiger partial charge in [-0.1, -0.05) is 54.5 Å². The maximum absolute atomic E-state index is 4.73. The van der Waals surface area contributed by atoms with Crippen molar-refractivity contribution in [1.29, 1.82) is 0 Å². The zero-order valence-corrected chi connectivity index (χ0v) is 26.4. The van der Waals surface area contributed by atoms with Gasteiger partial charge in [-0.15, -0.1) is 29.5 Å². The molecule has 0 aliphatic heterocycles. The third-order valence-electron chi connectivity index (χ3n) is 7.60. The monoisotopic (exact) mass is 740 g/mol. The molecule has 0 atom stereocenters. The second kappa shape index (κ2) is 11.5. The van der Waals surface area contributed by atoms with E-state index in [9.17, 15) is 0 Å². The van der Waals surface area contributed by atoms with Gasteiger partial charge in [-0.3, -0.25) is 9.97 Å². The minimum atomic E-state index is -2.09. The molecule has 42 heavy (non-hydrogen) atoms. The number of nitrogens with zero attached hydrogens (tertiary/aromatic N) is 5. The Hall–Kier alpha value is -4.38. The minimum Gasteiger partial charge on any atom is -0.409 e. The smallest absolute Gasteiger partial charge is 0.409 e. The molecule has 7 heteroatoms. The molecular formula is C35H27N5PtSi. The van der Waals surface area contributed by atoms with Crippen molar-refractivity contribution in [2.45, 2.75) is 13.1 Å². The normalized spacial score (nSPS) is 11.4. The van der Waals surface area contributed by atoms with Crippen LogP contribution in [-0.4, -0.2) is 27.6 Å². The van der Waals surface area contributed by atoms with Crippen LogP contribution in [0.15, 0.2) is 128 Å². The molecule has 0 aliphatic carbocycles. The number of aromatic nitrogens is 4. The van der Waals surface area contributed by atoms with E-state index in [1.165, 1.54) is 5.19 Å². The number of anilines is 3. The summed E-state index contributed by atoms with van der Waals surface area (Å²) in [5.74, 6) is 0.834. The summed E-state index contributed by atoms with van der Waals surface area (Å²) >= 11 is 0. The molecule has 0 N–H and O–H groups in total. The first-order chi connectivity index (χ1) is 20.1. The molecule has 0 spiro atoms. The molecule has 0 aliphatic rings. The Morgan fingerprint density at radius 1 is 0.643 bits per heavy atom. The summed E-state index contributed by atoms with van der Waals surface area (Å²) in [5.41, 5.74) is 5.13. The van der Waals surface area contributed by atoms with Gasteiger partial charge in [0.25, 0.3) is 0 Å².